The molecular weight excluding hydrogens is 236 g/mol. The summed E-state index contributed by atoms with van der Waals surface area (Å²) in [5, 5.41) is 15.0. The molecule has 6 nitrogen and oxygen atoms in total. The molecule has 2 rings (SSSR count). The van der Waals surface area contributed by atoms with Gasteiger partial charge in [0, 0.05) is 21.7 Å². The number of aldehydes is 1. The molecule has 0 spiro atoms. The molecule has 0 unspecified atom stereocenters. The Morgan fingerprint density at radius 2 is 2.11 bits per heavy atom. The number of rotatable bonds is 3. The molecule has 92 valence electrons. The second-order valence-corrected chi connectivity index (χ2v) is 3.88. The van der Waals surface area contributed by atoms with Crippen LogP contribution in [0.5, 0.6) is 5.75 Å². The van der Waals surface area contributed by atoms with E-state index in [1.807, 2.05) is 0 Å². The molecule has 0 amide bonds. The molecule has 0 aliphatic rings. The summed E-state index contributed by atoms with van der Waals surface area (Å²) in [6.45, 7) is 3.48. The number of hydrogen-bond donors (Lipinski definition) is 2. The predicted molar refractivity (Wildman–Crippen MR) is 62.5 cm³/mol. The zero-order valence-corrected chi connectivity index (χ0v) is 9.85. The van der Waals surface area contributed by atoms with Gasteiger partial charge in [-0.2, -0.15) is 0 Å². The zero-order chi connectivity index (χ0) is 13.3. The monoisotopic (exact) mass is 247 g/mol. The van der Waals surface area contributed by atoms with E-state index in [4.69, 9.17) is 4.52 Å². The van der Waals surface area contributed by atoms with Gasteiger partial charge in [0.2, 0.25) is 5.75 Å². The van der Waals surface area contributed by atoms with Crippen LogP contribution in [0.15, 0.2) is 16.7 Å². The number of hydrogen-bond acceptors (Lipinski definition) is 5. The number of aryl methyl sites for hydroxylation is 2. The van der Waals surface area contributed by atoms with Crippen LogP contribution in [-0.4, -0.2) is 16.5 Å². The van der Waals surface area contributed by atoms with E-state index in [9.17, 15) is 14.8 Å². The Kier molecular flexibility index (Phi) is 2.93. The Hall–Kier alpha value is -2.50. The summed E-state index contributed by atoms with van der Waals surface area (Å²) in [6.07, 6.45) is 0.484. The lowest BCUT2D eigenvalue weighted by Gasteiger charge is -2.02. The van der Waals surface area contributed by atoms with Gasteiger partial charge in [0.15, 0.2) is 6.29 Å². The van der Waals surface area contributed by atoms with Crippen molar-refractivity contribution >= 4 is 12.0 Å². The van der Waals surface area contributed by atoms with Crippen LogP contribution in [-0.2, 0) is 0 Å². The van der Waals surface area contributed by atoms with Gasteiger partial charge in [-0.25, -0.2) is 0 Å². The normalized spacial score (nSPS) is 10.3. The van der Waals surface area contributed by atoms with Gasteiger partial charge in [-0.05, 0) is 25.5 Å². The molecule has 2 aromatic rings. The molecule has 0 bridgehead atoms. The molecule has 2 N–H and O–H groups in total. The van der Waals surface area contributed by atoms with E-state index in [2.05, 4.69) is 5.16 Å². The number of carbonyl (C=O) groups excluding carboxylic acids is 1. The molecule has 0 radical (unpaired) electrons. The van der Waals surface area contributed by atoms with Crippen molar-refractivity contribution in [3.8, 4) is 16.9 Å². The van der Waals surface area contributed by atoms with E-state index in [1.165, 1.54) is 12.1 Å². The highest BCUT2D eigenvalue weighted by Crippen LogP contribution is 2.33. The van der Waals surface area contributed by atoms with E-state index in [-0.39, 0.29) is 17.0 Å². The number of nitroso groups, excluding NO2 is 1. The van der Waals surface area contributed by atoms with E-state index in [0.29, 0.717) is 28.9 Å². The summed E-state index contributed by atoms with van der Waals surface area (Å²) in [7, 11) is 0. The third-order valence-electron chi connectivity index (χ3n) is 2.70. The summed E-state index contributed by atoms with van der Waals surface area (Å²) in [4.78, 5) is 21.6. The smallest absolute Gasteiger partial charge is 0.296 e. The van der Waals surface area contributed by atoms with Crippen LogP contribution < -0.4 is 5.18 Å². The summed E-state index contributed by atoms with van der Waals surface area (Å²) >= 11 is 0. The molecule has 0 saturated carbocycles. The highest BCUT2D eigenvalue weighted by molar-refractivity contribution is 5.86. The number of aromatic hydroxyl groups is 1. The van der Waals surface area contributed by atoms with Crippen LogP contribution in [0.25, 0.3) is 11.1 Å². The summed E-state index contributed by atoms with van der Waals surface area (Å²) < 4.78 is 5.03. The topological polar surface area (TPSA) is 94.4 Å². The van der Waals surface area contributed by atoms with Gasteiger partial charge in [-0.3, -0.25) is 4.79 Å². The fraction of sp³-hybridized carbons (Fsp3) is 0.167. The van der Waals surface area contributed by atoms with E-state index >= 15 is 0 Å². The van der Waals surface area contributed by atoms with Crippen LogP contribution in [0.1, 0.15) is 21.8 Å². The van der Waals surface area contributed by atoms with Gasteiger partial charge in [0.25, 0.3) is 5.69 Å². The lowest BCUT2D eigenvalue weighted by molar-refractivity contribution is -0.380. The number of phenolic OH excluding ortho intramolecular Hbond substituents is 1. The molecule has 18 heavy (non-hydrogen) atoms. The largest absolute Gasteiger partial charge is 0.502 e. The van der Waals surface area contributed by atoms with Crippen LogP contribution in [0.2, 0.25) is 0 Å². The Labute approximate surface area is 102 Å². The Bertz CT molecular complexity index is 582. The third kappa shape index (κ3) is 1.77. The molecular formula is C12H11N2O4+. The van der Waals surface area contributed by atoms with Crippen LogP contribution in [0.3, 0.4) is 0 Å². The number of aromatic nitrogens is 1. The Balaban J connectivity index is 2.73. The molecule has 0 atom stereocenters. The quantitative estimate of drug-likeness (QED) is 0.622. The first-order chi connectivity index (χ1) is 8.58. The molecule has 0 aliphatic carbocycles. The lowest BCUT2D eigenvalue weighted by atomic mass is 10.0. The fourth-order valence-corrected chi connectivity index (χ4v) is 1.86. The van der Waals surface area contributed by atoms with Gasteiger partial charge in [0.05, 0.1) is 11.3 Å². The Morgan fingerprint density at radius 3 is 2.61 bits per heavy atom. The first kappa shape index (κ1) is 12.0. The van der Waals surface area contributed by atoms with Crippen molar-refractivity contribution in [3.05, 3.63) is 34.1 Å². The molecule has 1 heterocycles. The highest BCUT2D eigenvalue weighted by Gasteiger charge is 2.19. The van der Waals surface area contributed by atoms with Crippen LogP contribution in [0, 0.1) is 18.8 Å². The molecule has 0 aliphatic heterocycles. The number of phenols is 1. The average molecular weight is 247 g/mol. The first-order valence-corrected chi connectivity index (χ1v) is 5.22. The van der Waals surface area contributed by atoms with Gasteiger partial charge in [0.1, 0.15) is 5.76 Å². The van der Waals surface area contributed by atoms with Crippen molar-refractivity contribution in [3.63, 3.8) is 0 Å². The number of carbonyl (C=O) groups is 1. The van der Waals surface area contributed by atoms with E-state index in [1.54, 1.807) is 19.0 Å². The second kappa shape index (κ2) is 4.40. The molecule has 1 aromatic heterocycles. The second-order valence-electron chi connectivity index (χ2n) is 3.88. The number of nitrogens with zero attached hydrogens (tertiary/aromatic N) is 1. The van der Waals surface area contributed by atoms with Crippen molar-refractivity contribution in [2.75, 3.05) is 0 Å². The molecule has 0 fully saturated rings. The van der Waals surface area contributed by atoms with Crippen LogP contribution in [0.4, 0.5) is 5.69 Å². The van der Waals surface area contributed by atoms with Gasteiger partial charge >= 0.3 is 0 Å². The maximum Gasteiger partial charge on any atom is 0.296 e. The fourth-order valence-electron chi connectivity index (χ4n) is 1.86. The lowest BCUT2D eigenvalue weighted by Crippen LogP contribution is -2.55. The summed E-state index contributed by atoms with van der Waals surface area (Å²) in [5.41, 5.74) is 1.91. The maximum atomic E-state index is 10.9. The van der Waals surface area contributed by atoms with Crippen molar-refractivity contribution in [1.29, 1.82) is 0 Å². The minimum Gasteiger partial charge on any atom is -0.502 e. The third-order valence-corrected chi connectivity index (χ3v) is 2.70. The SMILES string of the molecule is Cc1noc(C)c1-c1cc(C=O)c(O)c([NH+]=O)c1. The summed E-state index contributed by atoms with van der Waals surface area (Å²) in [6, 6.07) is 2.93. The van der Waals surface area contributed by atoms with E-state index < -0.39 is 0 Å². The first-order valence-electron chi connectivity index (χ1n) is 5.22. The van der Waals surface area contributed by atoms with Crippen LogP contribution >= 0.6 is 0 Å². The minimum atomic E-state index is -0.365. The van der Waals surface area contributed by atoms with Crippen molar-refractivity contribution in [1.82, 2.24) is 5.16 Å². The van der Waals surface area contributed by atoms with Crippen molar-refractivity contribution in [2.45, 2.75) is 13.8 Å². The van der Waals surface area contributed by atoms with Gasteiger partial charge in [-0.1, -0.05) is 5.16 Å². The van der Waals surface area contributed by atoms with Crippen molar-refractivity contribution < 1.29 is 19.6 Å². The molecule has 0 saturated heterocycles. The van der Waals surface area contributed by atoms with Gasteiger partial charge < -0.3 is 9.63 Å². The molecule has 6 heteroatoms. The van der Waals surface area contributed by atoms with E-state index in [0.717, 1.165) is 0 Å². The Morgan fingerprint density at radius 1 is 1.39 bits per heavy atom. The predicted octanol–water partition coefficient (Wildman–Crippen LogP) is 0.955. The number of benzene rings is 1. The number of nitrogens with one attached hydrogen (secondary N) is 1. The molecule has 1 aromatic carbocycles. The standard InChI is InChI=1S/C12H10N2O4/c1-6-11(7(2)18-14-6)8-3-9(5-15)12(16)10(4-8)13-17/h3-5,16H,1-2H3/p+1. The van der Waals surface area contributed by atoms with Crippen molar-refractivity contribution in [2.24, 2.45) is 0 Å². The van der Waals surface area contributed by atoms with Gasteiger partial charge in [-0.15, -0.1) is 0 Å². The maximum absolute atomic E-state index is 10.9. The average Bonchev–Trinajstić information content (AvgIpc) is 2.70. The zero-order valence-electron chi connectivity index (χ0n) is 9.85. The highest BCUT2D eigenvalue weighted by atomic mass is 16.5. The minimum absolute atomic E-state index is 0.0332. The summed E-state index contributed by atoms with van der Waals surface area (Å²) in [5.74, 6) is 0.211.